The number of rotatable bonds is 8. The average molecular weight is 281 g/mol. The van der Waals surface area contributed by atoms with Crippen molar-refractivity contribution in [2.75, 3.05) is 26.5 Å². The molecule has 1 rings (SSSR count). The Balaban J connectivity index is 2.47. The van der Waals surface area contributed by atoms with Gasteiger partial charge in [-0.3, -0.25) is 0 Å². The van der Waals surface area contributed by atoms with E-state index in [9.17, 15) is 0 Å². The first-order valence-corrected chi connectivity index (χ1v) is 8.07. The molecule has 3 heteroatoms. The standard InChI is InChI=1S/C16H27NOS/c1-13(14-6-8-15(19-5)9-7-14)17-12-16(2,3)10-11-18-4/h6-9,13,17H,10-12H2,1-5H3. The normalized spacial score (nSPS) is 13.5. The van der Waals surface area contributed by atoms with Crippen LogP contribution in [0.3, 0.4) is 0 Å². The van der Waals surface area contributed by atoms with Gasteiger partial charge in [-0.2, -0.15) is 0 Å². The lowest BCUT2D eigenvalue weighted by Gasteiger charge is -2.27. The number of hydrogen-bond acceptors (Lipinski definition) is 3. The number of methoxy groups -OCH3 is 1. The summed E-state index contributed by atoms with van der Waals surface area (Å²) in [5.74, 6) is 0. The van der Waals surface area contributed by atoms with Crippen molar-refractivity contribution in [3.05, 3.63) is 29.8 Å². The van der Waals surface area contributed by atoms with Gasteiger partial charge in [0.25, 0.3) is 0 Å². The Hall–Kier alpha value is -0.510. The van der Waals surface area contributed by atoms with Gasteiger partial charge < -0.3 is 10.1 Å². The lowest BCUT2D eigenvalue weighted by molar-refractivity contribution is 0.149. The minimum Gasteiger partial charge on any atom is -0.385 e. The fourth-order valence-electron chi connectivity index (χ4n) is 1.91. The predicted molar refractivity (Wildman–Crippen MR) is 84.9 cm³/mol. The first-order chi connectivity index (χ1) is 8.98. The van der Waals surface area contributed by atoms with Crippen molar-refractivity contribution in [3.63, 3.8) is 0 Å². The molecule has 0 aliphatic rings. The molecule has 0 bridgehead atoms. The van der Waals surface area contributed by atoms with E-state index in [1.807, 2.05) is 0 Å². The van der Waals surface area contributed by atoms with Crippen LogP contribution in [0.2, 0.25) is 0 Å². The van der Waals surface area contributed by atoms with E-state index in [0.29, 0.717) is 6.04 Å². The Morgan fingerprint density at radius 2 is 1.89 bits per heavy atom. The zero-order valence-electron chi connectivity index (χ0n) is 12.8. The van der Waals surface area contributed by atoms with E-state index >= 15 is 0 Å². The fourth-order valence-corrected chi connectivity index (χ4v) is 2.31. The molecule has 0 aliphatic carbocycles. The Kier molecular flexibility index (Phi) is 6.90. The van der Waals surface area contributed by atoms with E-state index in [4.69, 9.17) is 4.74 Å². The van der Waals surface area contributed by atoms with Gasteiger partial charge in [0.15, 0.2) is 0 Å². The van der Waals surface area contributed by atoms with Crippen LogP contribution in [0.4, 0.5) is 0 Å². The minimum absolute atomic E-state index is 0.267. The average Bonchev–Trinajstić information content (AvgIpc) is 2.43. The second-order valence-corrected chi connectivity index (χ2v) is 6.66. The molecule has 0 saturated heterocycles. The smallest absolute Gasteiger partial charge is 0.0467 e. The molecule has 1 aromatic carbocycles. The Labute approximate surface area is 122 Å². The van der Waals surface area contributed by atoms with Gasteiger partial charge in [0.2, 0.25) is 0 Å². The maximum absolute atomic E-state index is 5.16. The van der Waals surface area contributed by atoms with Gasteiger partial charge in [0.1, 0.15) is 0 Å². The number of thioether (sulfide) groups is 1. The van der Waals surface area contributed by atoms with E-state index in [1.54, 1.807) is 18.9 Å². The van der Waals surface area contributed by atoms with E-state index in [-0.39, 0.29) is 5.41 Å². The van der Waals surface area contributed by atoms with Crippen LogP contribution in [0.1, 0.15) is 38.8 Å². The van der Waals surface area contributed by atoms with Crippen molar-refractivity contribution in [1.29, 1.82) is 0 Å². The van der Waals surface area contributed by atoms with Crippen LogP contribution >= 0.6 is 11.8 Å². The number of nitrogens with one attached hydrogen (secondary N) is 1. The van der Waals surface area contributed by atoms with Crippen molar-refractivity contribution < 1.29 is 4.74 Å². The SMILES string of the molecule is COCCC(C)(C)CNC(C)c1ccc(SC)cc1. The number of benzene rings is 1. The third-order valence-electron chi connectivity index (χ3n) is 3.49. The second kappa shape index (κ2) is 7.93. The Bertz CT molecular complexity index is 362. The lowest BCUT2D eigenvalue weighted by Crippen LogP contribution is -2.32. The third-order valence-corrected chi connectivity index (χ3v) is 4.23. The van der Waals surface area contributed by atoms with Crippen molar-refractivity contribution in [2.45, 2.75) is 38.1 Å². The zero-order valence-corrected chi connectivity index (χ0v) is 13.6. The molecule has 0 saturated carbocycles. The molecule has 0 aliphatic heterocycles. The van der Waals surface area contributed by atoms with Gasteiger partial charge >= 0.3 is 0 Å². The summed E-state index contributed by atoms with van der Waals surface area (Å²) >= 11 is 1.78. The van der Waals surface area contributed by atoms with Crippen LogP contribution in [-0.2, 0) is 4.74 Å². The van der Waals surface area contributed by atoms with Crippen molar-refractivity contribution in [3.8, 4) is 0 Å². The summed E-state index contributed by atoms with van der Waals surface area (Å²) < 4.78 is 5.16. The Morgan fingerprint density at radius 1 is 1.26 bits per heavy atom. The molecule has 0 fully saturated rings. The van der Waals surface area contributed by atoms with Gasteiger partial charge in [0, 0.05) is 31.2 Å². The summed E-state index contributed by atoms with van der Waals surface area (Å²) in [7, 11) is 1.76. The van der Waals surface area contributed by atoms with Gasteiger partial charge in [-0.25, -0.2) is 0 Å². The highest BCUT2D eigenvalue weighted by Gasteiger charge is 2.18. The molecule has 1 aromatic rings. The summed E-state index contributed by atoms with van der Waals surface area (Å²) in [4.78, 5) is 1.32. The number of hydrogen-bond donors (Lipinski definition) is 1. The zero-order chi connectivity index (χ0) is 14.3. The van der Waals surface area contributed by atoms with E-state index in [1.165, 1.54) is 10.5 Å². The minimum atomic E-state index is 0.267. The van der Waals surface area contributed by atoms with Gasteiger partial charge in [-0.15, -0.1) is 11.8 Å². The summed E-state index contributed by atoms with van der Waals surface area (Å²) in [6.45, 7) is 8.61. The van der Waals surface area contributed by atoms with E-state index < -0.39 is 0 Å². The van der Waals surface area contributed by atoms with Crippen molar-refractivity contribution in [1.82, 2.24) is 5.32 Å². The monoisotopic (exact) mass is 281 g/mol. The van der Waals surface area contributed by atoms with Gasteiger partial charge in [0.05, 0.1) is 0 Å². The topological polar surface area (TPSA) is 21.3 Å². The van der Waals surface area contributed by atoms with Crippen LogP contribution in [0.25, 0.3) is 0 Å². The molecule has 0 spiro atoms. The first kappa shape index (κ1) is 16.5. The van der Waals surface area contributed by atoms with E-state index in [2.05, 4.69) is 56.6 Å². The molecular formula is C16H27NOS. The van der Waals surface area contributed by atoms with Crippen LogP contribution < -0.4 is 5.32 Å². The summed E-state index contributed by atoms with van der Waals surface area (Å²) in [6, 6.07) is 9.19. The molecule has 19 heavy (non-hydrogen) atoms. The quantitative estimate of drug-likeness (QED) is 0.724. The first-order valence-electron chi connectivity index (χ1n) is 6.85. The van der Waals surface area contributed by atoms with Crippen molar-refractivity contribution in [2.24, 2.45) is 5.41 Å². The molecule has 0 heterocycles. The highest BCUT2D eigenvalue weighted by atomic mass is 32.2. The summed E-state index contributed by atoms with van der Waals surface area (Å²) in [6.07, 6.45) is 3.18. The van der Waals surface area contributed by atoms with E-state index in [0.717, 1.165) is 19.6 Å². The largest absolute Gasteiger partial charge is 0.385 e. The maximum atomic E-state index is 5.16. The highest BCUT2D eigenvalue weighted by Crippen LogP contribution is 2.22. The molecule has 1 N–H and O–H groups in total. The number of ether oxygens (including phenoxy) is 1. The molecule has 108 valence electrons. The third kappa shape index (κ3) is 5.98. The predicted octanol–water partition coefficient (Wildman–Crippen LogP) is 4.12. The van der Waals surface area contributed by atoms with Crippen molar-refractivity contribution >= 4 is 11.8 Å². The van der Waals surface area contributed by atoms with Crippen LogP contribution in [0.5, 0.6) is 0 Å². The second-order valence-electron chi connectivity index (χ2n) is 5.78. The van der Waals surface area contributed by atoms with Crippen LogP contribution in [-0.4, -0.2) is 26.5 Å². The molecule has 0 amide bonds. The Morgan fingerprint density at radius 3 is 2.42 bits per heavy atom. The van der Waals surface area contributed by atoms with Crippen LogP contribution in [0.15, 0.2) is 29.2 Å². The molecule has 1 unspecified atom stereocenters. The summed E-state index contributed by atoms with van der Waals surface area (Å²) in [5.41, 5.74) is 1.61. The van der Waals surface area contributed by atoms with Crippen LogP contribution in [0, 0.1) is 5.41 Å². The molecule has 2 nitrogen and oxygen atoms in total. The lowest BCUT2D eigenvalue weighted by atomic mass is 9.89. The molecule has 0 aromatic heterocycles. The molecule has 1 atom stereocenters. The maximum Gasteiger partial charge on any atom is 0.0467 e. The summed E-state index contributed by atoms with van der Waals surface area (Å²) in [5, 5.41) is 3.62. The fraction of sp³-hybridized carbons (Fsp3) is 0.625. The van der Waals surface area contributed by atoms with Gasteiger partial charge in [-0.05, 0) is 42.7 Å². The molecular weight excluding hydrogens is 254 g/mol. The van der Waals surface area contributed by atoms with Gasteiger partial charge in [-0.1, -0.05) is 26.0 Å². The molecule has 0 radical (unpaired) electrons. The highest BCUT2D eigenvalue weighted by molar-refractivity contribution is 7.98.